The fourth-order valence-corrected chi connectivity index (χ4v) is 2.32. The molecule has 0 aliphatic rings. The topological polar surface area (TPSA) is 51.8 Å². The molecular formula is C11H13N3S. The maximum Gasteiger partial charge on any atom is 0.0976 e. The van der Waals surface area contributed by atoms with Crippen LogP contribution in [0.1, 0.15) is 21.1 Å². The number of nitrogens with zero attached hydrogens (tertiary/aromatic N) is 2. The number of thiazole rings is 1. The summed E-state index contributed by atoms with van der Waals surface area (Å²) in [5, 5.41) is 1.10. The summed E-state index contributed by atoms with van der Waals surface area (Å²) in [6.45, 7) is 4.12. The molecule has 0 aromatic carbocycles. The Morgan fingerprint density at radius 1 is 1.40 bits per heavy atom. The van der Waals surface area contributed by atoms with Crippen LogP contribution >= 0.6 is 11.3 Å². The van der Waals surface area contributed by atoms with Crippen LogP contribution in [0.3, 0.4) is 0 Å². The smallest absolute Gasteiger partial charge is 0.0976 e. The highest BCUT2D eigenvalue weighted by atomic mass is 32.1. The molecule has 0 aliphatic carbocycles. The van der Waals surface area contributed by atoms with Crippen LogP contribution in [0.25, 0.3) is 0 Å². The third-order valence-corrected chi connectivity index (χ3v) is 3.43. The van der Waals surface area contributed by atoms with Crippen molar-refractivity contribution < 1.29 is 0 Å². The lowest BCUT2D eigenvalue weighted by Gasteiger charge is -2.00. The molecule has 78 valence electrons. The number of anilines is 1. The lowest BCUT2D eigenvalue weighted by molar-refractivity contribution is 1.08. The van der Waals surface area contributed by atoms with Gasteiger partial charge < -0.3 is 5.73 Å². The van der Waals surface area contributed by atoms with E-state index in [2.05, 4.69) is 16.9 Å². The van der Waals surface area contributed by atoms with Gasteiger partial charge in [0.15, 0.2) is 0 Å². The summed E-state index contributed by atoms with van der Waals surface area (Å²) in [5.41, 5.74) is 8.79. The van der Waals surface area contributed by atoms with Gasteiger partial charge >= 0.3 is 0 Å². The van der Waals surface area contributed by atoms with Crippen molar-refractivity contribution in [3.8, 4) is 0 Å². The largest absolute Gasteiger partial charge is 0.398 e. The van der Waals surface area contributed by atoms with Gasteiger partial charge in [0.1, 0.15) is 0 Å². The minimum Gasteiger partial charge on any atom is -0.398 e. The highest BCUT2D eigenvalue weighted by molar-refractivity contribution is 7.11. The van der Waals surface area contributed by atoms with Crippen molar-refractivity contribution in [3.63, 3.8) is 0 Å². The molecule has 0 unspecified atom stereocenters. The van der Waals surface area contributed by atoms with E-state index in [1.54, 1.807) is 23.7 Å². The number of aromatic nitrogens is 2. The number of nitrogens with two attached hydrogens (primary N) is 1. The van der Waals surface area contributed by atoms with Crippen LogP contribution in [-0.4, -0.2) is 9.97 Å². The molecule has 2 aromatic heterocycles. The molecule has 0 aliphatic heterocycles. The molecule has 2 heterocycles. The summed E-state index contributed by atoms with van der Waals surface area (Å²) in [7, 11) is 0. The predicted octanol–water partition coefficient (Wildman–Crippen LogP) is 2.33. The molecule has 0 radical (unpaired) electrons. The minimum absolute atomic E-state index is 0.777. The molecule has 0 fully saturated rings. The number of rotatable bonds is 2. The first kappa shape index (κ1) is 10.1. The number of aryl methyl sites for hydroxylation is 2. The first-order chi connectivity index (χ1) is 7.16. The highest BCUT2D eigenvalue weighted by Crippen LogP contribution is 2.21. The predicted molar refractivity (Wildman–Crippen MR) is 63.0 cm³/mol. The van der Waals surface area contributed by atoms with Crippen LogP contribution in [0, 0.1) is 13.8 Å². The summed E-state index contributed by atoms with van der Waals surface area (Å²) < 4.78 is 0. The zero-order valence-corrected chi connectivity index (χ0v) is 9.64. The second kappa shape index (κ2) is 3.98. The van der Waals surface area contributed by atoms with E-state index in [4.69, 9.17) is 5.73 Å². The molecule has 2 N–H and O–H groups in total. The maximum absolute atomic E-state index is 5.85. The molecule has 0 atom stereocenters. The summed E-state index contributed by atoms with van der Waals surface area (Å²) >= 11 is 1.72. The molecule has 0 saturated carbocycles. The molecule has 4 heteroatoms. The van der Waals surface area contributed by atoms with Gasteiger partial charge in [-0.15, -0.1) is 11.3 Å². The van der Waals surface area contributed by atoms with Crippen molar-refractivity contribution in [2.45, 2.75) is 20.3 Å². The Labute approximate surface area is 93.0 Å². The lowest BCUT2D eigenvalue weighted by atomic mass is 10.2. The molecular weight excluding hydrogens is 206 g/mol. The van der Waals surface area contributed by atoms with E-state index in [1.165, 1.54) is 4.88 Å². The second-order valence-corrected chi connectivity index (χ2v) is 4.79. The minimum atomic E-state index is 0.777. The van der Waals surface area contributed by atoms with E-state index in [-0.39, 0.29) is 0 Å². The number of pyridine rings is 1. The fraction of sp³-hybridized carbons (Fsp3) is 0.273. The average molecular weight is 219 g/mol. The fourth-order valence-electron chi connectivity index (χ4n) is 1.36. The van der Waals surface area contributed by atoms with E-state index < -0.39 is 0 Å². The Kier molecular flexibility index (Phi) is 2.68. The molecule has 15 heavy (non-hydrogen) atoms. The monoisotopic (exact) mass is 219 g/mol. The van der Waals surface area contributed by atoms with Gasteiger partial charge in [0.2, 0.25) is 0 Å². The Morgan fingerprint density at radius 2 is 2.20 bits per heavy atom. The van der Waals surface area contributed by atoms with Gasteiger partial charge in [-0.25, -0.2) is 4.98 Å². The van der Waals surface area contributed by atoms with E-state index in [0.29, 0.717) is 0 Å². The molecule has 2 rings (SSSR count). The zero-order valence-electron chi connectivity index (χ0n) is 8.82. The summed E-state index contributed by atoms with van der Waals surface area (Å²) in [4.78, 5) is 9.82. The Hall–Kier alpha value is -1.42. The van der Waals surface area contributed by atoms with Gasteiger partial charge in [0.25, 0.3) is 0 Å². The molecule has 0 spiro atoms. The average Bonchev–Trinajstić information content (AvgIpc) is 2.50. The van der Waals surface area contributed by atoms with Crippen molar-refractivity contribution in [1.29, 1.82) is 0 Å². The van der Waals surface area contributed by atoms with Crippen LogP contribution in [0.4, 0.5) is 5.69 Å². The number of nitrogen functional groups attached to an aromatic ring is 1. The van der Waals surface area contributed by atoms with Crippen molar-refractivity contribution >= 4 is 17.0 Å². The van der Waals surface area contributed by atoms with E-state index in [9.17, 15) is 0 Å². The van der Waals surface area contributed by atoms with Gasteiger partial charge in [-0.3, -0.25) is 4.98 Å². The quantitative estimate of drug-likeness (QED) is 0.843. The first-order valence-corrected chi connectivity index (χ1v) is 5.59. The third-order valence-electron chi connectivity index (χ3n) is 2.36. The molecule has 0 amide bonds. The van der Waals surface area contributed by atoms with Crippen LogP contribution < -0.4 is 5.73 Å². The zero-order chi connectivity index (χ0) is 10.8. The van der Waals surface area contributed by atoms with Crippen molar-refractivity contribution in [2.75, 3.05) is 5.73 Å². The molecule has 2 aromatic rings. The molecule has 3 nitrogen and oxygen atoms in total. The van der Waals surface area contributed by atoms with Gasteiger partial charge in [-0.2, -0.15) is 0 Å². The van der Waals surface area contributed by atoms with Crippen molar-refractivity contribution in [1.82, 2.24) is 9.97 Å². The third kappa shape index (κ3) is 2.15. The normalized spacial score (nSPS) is 10.5. The Bertz CT molecular complexity index is 457. The van der Waals surface area contributed by atoms with Crippen molar-refractivity contribution in [2.24, 2.45) is 0 Å². The summed E-state index contributed by atoms with van der Waals surface area (Å²) in [5.74, 6) is 0. The SMILES string of the molecule is Cc1nc(Cc2cnccc2N)sc1C. The standard InChI is InChI=1S/C11H13N3S/c1-7-8(2)15-11(14-7)5-9-6-13-4-3-10(9)12/h3-4,6H,5H2,1-2H3,(H2,12,13). The highest BCUT2D eigenvalue weighted by Gasteiger charge is 2.06. The van der Waals surface area contributed by atoms with Crippen molar-refractivity contribution in [3.05, 3.63) is 39.6 Å². The number of hydrogen-bond donors (Lipinski definition) is 1. The van der Waals surface area contributed by atoms with Gasteiger partial charge in [-0.1, -0.05) is 0 Å². The lowest BCUT2D eigenvalue weighted by Crippen LogP contribution is -1.96. The van der Waals surface area contributed by atoms with Gasteiger partial charge in [0, 0.05) is 34.9 Å². The number of hydrogen-bond acceptors (Lipinski definition) is 4. The molecule has 0 bridgehead atoms. The summed E-state index contributed by atoms with van der Waals surface area (Å²) in [6.07, 6.45) is 4.29. The van der Waals surface area contributed by atoms with E-state index in [0.717, 1.165) is 28.4 Å². The maximum atomic E-state index is 5.85. The summed E-state index contributed by atoms with van der Waals surface area (Å²) in [6, 6.07) is 1.82. The van der Waals surface area contributed by atoms with Crippen LogP contribution in [0.15, 0.2) is 18.5 Å². The second-order valence-electron chi connectivity index (χ2n) is 3.50. The Balaban J connectivity index is 2.26. The van der Waals surface area contributed by atoms with E-state index >= 15 is 0 Å². The van der Waals surface area contributed by atoms with Crippen LogP contribution in [-0.2, 0) is 6.42 Å². The Morgan fingerprint density at radius 3 is 2.80 bits per heavy atom. The van der Waals surface area contributed by atoms with Gasteiger partial charge in [-0.05, 0) is 19.9 Å². The van der Waals surface area contributed by atoms with E-state index in [1.807, 2.05) is 13.0 Å². The van der Waals surface area contributed by atoms with Crippen LogP contribution in [0.5, 0.6) is 0 Å². The van der Waals surface area contributed by atoms with Gasteiger partial charge in [0.05, 0.1) is 10.7 Å². The van der Waals surface area contributed by atoms with Crippen LogP contribution in [0.2, 0.25) is 0 Å². The molecule has 0 saturated heterocycles. The first-order valence-electron chi connectivity index (χ1n) is 4.78.